The fourth-order valence-corrected chi connectivity index (χ4v) is 1.56. The third-order valence-electron chi connectivity index (χ3n) is 2.09. The molecule has 0 saturated carbocycles. The molecule has 0 aliphatic carbocycles. The maximum Gasteiger partial charge on any atom is 0.345 e. The summed E-state index contributed by atoms with van der Waals surface area (Å²) in [6.45, 7) is 1.75. The highest BCUT2D eigenvalue weighted by Crippen LogP contribution is 2.22. The van der Waals surface area contributed by atoms with Gasteiger partial charge in [-0.3, -0.25) is 0 Å². The van der Waals surface area contributed by atoms with E-state index in [-0.39, 0.29) is 5.02 Å². The third kappa shape index (κ3) is 2.12. The predicted molar refractivity (Wildman–Crippen MR) is 60.0 cm³/mol. The molecule has 2 aromatic rings. The average molecular weight is 239 g/mol. The summed E-state index contributed by atoms with van der Waals surface area (Å²) in [4.78, 5) is 17.5. The number of nitrogens with one attached hydrogen (secondary N) is 1. The van der Waals surface area contributed by atoms with Crippen LogP contribution in [0.15, 0.2) is 29.1 Å². The molecule has 16 heavy (non-hydrogen) atoms. The van der Waals surface area contributed by atoms with E-state index >= 15 is 0 Å². The standard InChI is InChI=1S/C11H8ClFN2O/c1-6-4-10(15-11(16)14-6)7-2-3-9(13)8(12)5-7/h2-5H,1H3,(H,14,15,16). The van der Waals surface area contributed by atoms with Crippen LogP contribution in [-0.2, 0) is 0 Å². The van der Waals surface area contributed by atoms with Gasteiger partial charge in [0.15, 0.2) is 0 Å². The zero-order valence-electron chi connectivity index (χ0n) is 8.42. The second-order valence-electron chi connectivity index (χ2n) is 3.38. The van der Waals surface area contributed by atoms with Gasteiger partial charge in [-0.05, 0) is 31.2 Å². The number of aromatic amines is 1. The molecule has 0 atom stereocenters. The quantitative estimate of drug-likeness (QED) is 0.830. The van der Waals surface area contributed by atoms with Gasteiger partial charge in [0.05, 0.1) is 10.7 Å². The Bertz CT molecular complexity index is 595. The molecule has 0 unspecified atom stereocenters. The summed E-state index contributed by atoms with van der Waals surface area (Å²) < 4.78 is 13.0. The van der Waals surface area contributed by atoms with Crippen LogP contribution in [0.5, 0.6) is 0 Å². The molecule has 0 aliphatic rings. The molecule has 0 bridgehead atoms. The van der Waals surface area contributed by atoms with Crippen molar-refractivity contribution in [1.82, 2.24) is 9.97 Å². The van der Waals surface area contributed by atoms with Crippen LogP contribution < -0.4 is 5.69 Å². The average Bonchev–Trinajstić information content (AvgIpc) is 2.20. The second-order valence-corrected chi connectivity index (χ2v) is 3.79. The van der Waals surface area contributed by atoms with Crippen LogP contribution in [0.1, 0.15) is 5.69 Å². The summed E-state index contributed by atoms with van der Waals surface area (Å²) in [5.41, 5.74) is 1.34. The minimum atomic E-state index is -0.494. The Morgan fingerprint density at radius 1 is 1.38 bits per heavy atom. The zero-order chi connectivity index (χ0) is 11.7. The normalized spacial score (nSPS) is 10.4. The van der Waals surface area contributed by atoms with Gasteiger partial charge >= 0.3 is 5.69 Å². The first-order valence-corrected chi connectivity index (χ1v) is 4.97. The molecule has 5 heteroatoms. The lowest BCUT2D eigenvalue weighted by molar-refractivity contribution is 0.628. The molecule has 0 fully saturated rings. The van der Waals surface area contributed by atoms with Crippen LogP contribution in [0.3, 0.4) is 0 Å². The first kappa shape index (κ1) is 10.8. The number of aromatic nitrogens is 2. The first-order chi connectivity index (χ1) is 7.56. The van der Waals surface area contributed by atoms with E-state index in [1.807, 2.05) is 0 Å². The van der Waals surface area contributed by atoms with Crippen LogP contribution in [-0.4, -0.2) is 9.97 Å². The maximum absolute atomic E-state index is 13.0. The summed E-state index contributed by atoms with van der Waals surface area (Å²) in [7, 11) is 0. The molecule has 1 aromatic heterocycles. The summed E-state index contributed by atoms with van der Waals surface area (Å²) in [5, 5.41) is 0.0113. The van der Waals surface area contributed by atoms with Gasteiger partial charge in [-0.15, -0.1) is 0 Å². The topological polar surface area (TPSA) is 45.8 Å². The van der Waals surface area contributed by atoms with E-state index < -0.39 is 11.5 Å². The molecule has 0 amide bonds. The lowest BCUT2D eigenvalue weighted by Gasteiger charge is -2.02. The SMILES string of the molecule is Cc1cc(-c2ccc(F)c(Cl)c2)nc(=O)[nH]1. The van der Waals surface area contributed by atoms with E-state index in [1.165, 1.54) is 18.2 Å². The molecule has 3 nitrogen and oxygen atoms in total. The summed E-state index contributed by atoms with van der Waals surface area (Å²) in [6, 6.07) is 5.92. The van der Waals surface area contributed by atoms with E-state index in [4.69, 9.17) is 11.6 Å². The molecule has 82 valence electrons. The zero-order valence-corrected chi connectivity index (χ0v) is 9.18. The van der Waals surface area contributed by atoms with Crippen LogP contribution in [0.4, 0.5) is 4.39 Å². The van der Waals surface area contributed by atoms with Gasteiger partial charge < -0.3 is 4.98 Å². The monoisotopic (exact) mass is 238 g/mol. The maximum atomic E-state index is 13.0. The predicted octanol–water partition coefficient (Wildman–Crippen LogP) is 2.54. The van der Waals surface area contributed by atoms with Gasteiger partial charge in [0.1, 0.15) is 5.82 Å². The van der Waals surface area contributed by atoms with E-state index in [9.17, 15) is 9.18 Å². The van der Waals surface area contributed by atoms with E-state index in [0.717, 1.165) is 0 Å². The minimum Gasteiger partial charge on any atom is -0.310 e. The second kappa shape index (κ2) is 4.06. The van der Waals surface area contributed by atoms with Crippen molar-refractivity contribution < 1.29 is 4.39 Å². The lowest BCUT2D eigenvalue weighted by atomic mass is 10.1. The highest BCUT2D eigenvalue weighted by molar-refractivity contribution is 6.31. The van der Waals surface area contributed by atoms with Crippen LogP contribution >= 0.6 is 11.6 Å². The number of nitrogens with zero attached hydrogens (tertiary/aromatic N) is 1. The van der Waals surface area contributed by atoms with Crippen LogP contribution in [0.25, 0.3) is 11.3 Å². The van der Waals surface area contributed by atoms with Gasteiger partial charge in [0, 0.05) is 11.3 Å². The largest absolute Gasteiger partial charge is 0.345 e. The molecular weight excluding hydrogens is 231 g/mol. The van der Waals surface area contributed by atoms with Gasteiger partial charge in [-0.1, -0.05) is 11.6 Å². The van der Waals surface area contributed by atoms with E-state index in [2.05, 4.69) is 9.97 Å². The van der Waals surface area contributed by atoms with Gasteiger partial charge in [-0.2, -0.15) is 4.98 Å². The molecule has 0 radical (unpaired) electrons. The summed E-state index contributed by atoms with van der Waals surface area (Å²) >= 11 is 5.65. The Hall–Kier alpha value is -1.68. The van der Waals surface area contributed by atoms with Gasteiger partial charge in [0.25, 0.3) is 0 Å². The number of hydrogen-bond donors (Lipinski definition) is 1. The molecule has 1 aromatic carbocycles. The van der Waals surface area contributed by atoms with Crippen molar-refractivity contribution in [3.05, 3.63) is 51.3 Å². The molecule has 2 rings (SSSR count). The Morgan fingerprint density at radius 3 is 2.75 bits per heavy atom. The smallest absolute Gasteiger partial charge is 0.310 e. The lowest BCUT2D eigenvalue weighted by Crippen LogP contribution is -2.11. The van der Waals surface area contributed by atoms with Crippen molar-refractivity contribution in [2.75, 3.05) is 0 Å². The Kier molecular flexibility index (Phi) is 2.75. The molecule has 1 heterocycles. The minimum absolute atomic E-state index is 0.0113. The number of aryl methyl sites for hydroxylation is 1. The Morgan fingerprint density at radius 2 is 2.12 bits per heavy atom. The highest BCUT2D eigenvalue weighted by Gasteiger charge is 2.05. The molecule has 1 N–H and O–H groups in total. The van der Waals surface area contributed by atoms with Crippen molar-refractivity contribution in [3.63, 3.8) is 0 Å². The molecular formula is C11H8ClFN2O. The number of H-pyrrole nitrogens is 1. The number of halogens is 2. The molecule has 0 saturated heterocycles. The summed E-state index contributed by atoms with van der Waals surface area (Å²) in [5.74, 6) is -0.494. The van der Waals surface area contributed by atoms with E-state index in [1.54, 1.807) is 13.0 Å². The van der Waals surface area contributed by atoms with Crippen molar-refractivity contribution >= 4 is 11.6 Å². The molecule has 0 spiro atoms. The van der Waals surface area contributed by atoms with Crippen molar-refractivity contribution in [2.45, 2.75) is 6.92 Å². The fraction of sp³-hybridized carbons (Fsp3) is 0.0909. The fourth-order valence-electron chi connectivity index (χ4n) is 1.38. The van der Waals surface area contributed by atoms with Crippen molar-refractivity contribution in [3.8, 4) is 11.3 Å². The van der Waals surface area contributed by atoms with Gasteiger partial charge in [0.2, 0.25) is 0 Å². The third-order valence-corrected chi connectivity index (χ3v) is 2.38. The first-order valence-electron chi connectivity index (χ1n) is 4.59. The summed E-state index contributed by atoms with van der Waals surface area (Å²) in [6.07, 6.45) is 0. The van der Waals surface area contributed by atoms with Crippen LogP contribution in [0.2, 0.25) is 5.02 Å². The van der Waals surface area contributed by atoms with Crippen LogP contribution in [0, 0.1) is 12.7 Å². The van der Waals surface area contributed by atoms with Gasteiger partial charge in [-0.25, -0.2) is 9.18 Å². The number of benzene rings is 1. The Labute approximate surface area is 95.9 Å². The van der Waals surface area contributed by atoms with E-state index in [0.29, 0.717) is 17.0 Å². The Balaban J connectivity index is 2.58. The number of hydrogen-bond acceptors (Lipinski definition) is 2. The number of rotatable bonds is 1. The van der Waals surface area contributed by atoms with Crippen molar-refractivity contribution in [2.24, 2.45) is 0 Å². The molecule has 0 aliphatic heterocycles. The van der Waals surface area contributed by atoms with Crippen molar-refractivity contribution in [1.29, 1.82) is 0 Å². The highest BCUT2D eigenvalue weighted by atomic mass is 35.5.